The third kappa shape index (κ3) is 2.22. The van der Waals surface area contributed by atoms with Gasteiger partial charge in [-0.15, -0.1) is 0 Å². The largest absolute Gasteiger partial charge is 0.398 e. The Labute approximate surface area is 107 Å². The van der Waals surface area contributed by atoms with Gasteiger partial charge in [-0.2, -0.15) is 4.31 Å². The van der Waals surface area contributed by atoms with Crippen molar-refractivity contribution in [2.24, 2.45) is 0 Å². The second kappa shape index (κ2) is 4.85. The Bertz CT molecular complexity index is 545. The molecule has 1 atom stereocenters. The highest BCUT2D eigenvalue weighted by Gasteiger charge is 2.35. The zero-order valence-corrected chi connectivity index (χ0v) is 11.1. The average molecular weight is 272 g/mol. The molecule has 2 N–H and O–H groups in total. The standard InChI is InChI=1S/C12H17FN2O2S/c1-2-10-4-3-7-15(10)18(16,17)12-8-9(13)5-6-11(12)14/h5-6,8,10H,2-4,7,14H2,1H3. The maximum Gasteiger partial charge on any atom is 0.245 e. The van der Waals surface area contributed by atoms with Gasteiger partial charge in [0.05, 0.1) is 5.69 Å². The number of benzene rings is 1. The Morgan fingerprint density at radius 3 is 2.89 bits per heavy atom. The van der Waals surface area contributed by atoms with Gasteiger partial charge >= 0.3 is 0 Å². The van der Waals surface area contributed by atoms with E-state index in [9.17, 15) is 12.8 Å². The van der Waals surface area contributed by atoms with E-state index in [-0.39, 0.29) is 16.6 Å². The topological polar surface area (TPSA) is 63.4 Å². The van der Waals surface area contributed by atoms with Crippen molar-refractivity contribution in [1.29, 1.82) is 0 Å². The zero-order valence-electron chi connectivity index (χ0n) is 10.3. The fourth-order valence-corrected chi connectivity index (χ4v) is 4.29. The van der Waals surface area contributed by atoms with Crippen LogP contribution in [-0.2, 0) is 10.0 Å². The maximum absolute atomic E-state index is 13.2. The molecular formula is C12H17FN2O2S. The van der Waals surface area contributed by atoms with Crippen LogP contribution in [0.4, 0.5) is 10.1 Å². The summed E-state index contributed by atoms with van der Waals surface area (Å²) in [6.45, 7) is 2.43. The van der Waals surface area contributed by atoms with Gasteiger partial charge in [-0.3, -0.25) is 0 Å². The number of sulfonamides is 1. The van der Waals surface area contributed by atoms with Crippen molar-refractivity contribution in [2.45, 2.75) is 37.1 Å². The minimum absolute atomic E-state index is 0.00216. The van der Waals surface area contributed by atoms with Gasteiger partial charge in [0, 0.05) is 12.6 Å². The Morgan fingerprint density at radius 1 is 1.50 bits per heavy atom. The molecule has 1 unspecified atom stereocenters. The molecule has 0 bridgehead atoms. The van der Waals surface area contributed by atoms with E-state index in [1.807, 2.05) is 6.92 Å². The quantitative estimate of drug-likeness (QED) is 0.856. The van der Waals surface area contributed by atoms with Crippen molar-refractivity contribution in [3.05, 3.63) is 24.0 Å². The summed E-state index contributed by atoms with van der Waals surface area (Å²) in [6, 6.07) is 3.45. The SMILES string of the molecule is CCC1CCCN1S(=O)(=O)c1cc(F)ccc1N. The average Bonchev–Trinajstić information content (AvgIpc) is 2.81. The van der Waals surface area contributed by atoms with Crippen LogP contribution in [0, 0.1) is 5.82 Å². The molecule has 1 heterocycles. The summed E-state index contributed by atoms with van der Waals surface area (Å²) in [5, 5.41) is 0. The lowest BCUT2D eigenvalue weighted by molar-refractivity contribution is 0.379. The van der Waals surface area contributed by atoms with E-state index in [1.54, 1.807) is 0 Å². The minimum atomic E-state index is -3.68. The summed E-state index contributed by atoms with van der Waals surface area (Å²) in [6.07, 6.45) is 2.45. The van der Waals surface area contributed by atoms with E-state index in [0.29, 0.717) is 6.54 Å². The molecule has 1 aliphatic rings. The molecule has 18 heavy (non-hydrogen) atoms. The molecule has 0 saturated carbocycles. The fourth-order valence-electron chi connectivity index (χ4n) is 2.39. The molecule has 6 heteroatoms. The van der Waals surface area contributed by atoms with E-state index in [4.69, 9.17) is 5.73 Å². The molecule has 0 spiro atoms. The van der Waals surface area contributed by atoms with Gasteiger partial charge < -0.3 is 5.73 Å². The molecule has 1 aliphatic heterocycles. The predicted octanol–water partition coefficient (Wildman–Crippen LogP) is 1.97. The molecule has 1 saturated heterocycles. The minimum Gasteiger partial charge on any atom is -0.398 e. The molecule has 1 fully saturated rings. The van der Waals surface area contributed by atoms with E-state index in [0.717, 1.165) is 31.4 Å². The third-order valence-corrected chi connectivity index (χ3v) is 5.36. The Morgan fingerprint density at radius 2 is 2.22 bits per heavy atom. The number of hydrogen-bond acceptors (Lipinski definition) is 3. The summed E-state index contributed by atoms with van der Waals surface area (Å²) < 4.78 is 39.6. The van der Waals surface area contributed by atoms with Crippen molar-refractivity contribution >= 4 is 15.7 Å². The van der Waals surface area contributed by atoms with Crippen LogP contribution in [0.2, 0.25) is 0 Å². The van der Waals surface area contributed by atoms with Gasteiger partial charge in [0.15, 0.2) is 0 Å². The number of anilines is 1. The lowest BCUT2D eigenvalue weighted by Crippen LogP contribution is -2.35. The maximum atomic E-state index is 13.2. The molecule has 1 aromatic carbocycles. The van der Waals surface area contributed by atoms with Crippen LogP contribution in [-0.4, -0.2) is 25.3 Å². The summed E-state index contributed by atoms with van der Waals surface area (Å²) in [4.78, 5) is -0.122. The predicted molar refractivity (Wildman–Crippen MR) is 68.0 cm³/mol. The highest BCUT2D eigenvalue weighted by atomic mass is 32.2. The molecule has 100 valence electrons. The van der Waals surface area contributed by atoms with Crippen molar-refractivity contribution in [2.75, 3.05) is 12.3 Å². The second-order valence-corrected chi connectivity index (χ2v) is 6.36. The van der Waals surface area contributed by atoms with Crippen LogP contribution in [0.15, 0.2) is 23.1 Å². The van der Waals surface area contributed by atoms with Gasteiger partial charge in [0.25, 0.3) is 0 Å². The van der Waals surface area contributed by atoms with E-state index in [2.05, 4.69) is 0 Å². The summed E-state index contributed by atoms with van der Waals surface area (Å²) in [7, 11) is -3.68. The molecule has 0 aliphatic carbocycles. The van der Waals surface area contributed by atoms with Crippen LogP contribution in [0.1, 0.15) is 26.2 Å². The van der Waals surface area contributed by atoms with Crippen molar-refractivity contribution in [3.63, 3.8) is 0 Å². The Kier molecular flexibility index (Phi) is 3.59. The van der Waals surface area contributed by atoms with Crippen LogP contribution in [0.5, 0.6) is 0 Å². The molecule has 0 radical (unpaired) electrons. The first-order valence-electron chi connectivity index (χ1n) is 6.03. The van der Waals surface area contributed by atoms with Gasteiger partial charge in [-0.05, 0) is 37.5 Å². The molecule has 0 aromatic heterocycles. The van der Waals surface area contributed by atoms with Gasteiger partial charge in [0.1, 0.15) is 10.7 Å². The first-order valence-corrected chi connectivity index (χ1v) is 7.47. The van der Waals surface area contributed by atoms with Crippen molar-refractivity contribution < 1.29 is 12.8 Å². The zero-order chi connectivity index (χ0) is 13.3. The van der Waals surface area contributed by atoms with E-state index in [1.165, 1.54) is 10.4 Å². The lowest BCUT2D eigenvalue weighted by Gasteiger charge is -2.23. The first kappa shape index (κ1) is 13.3. The number of nitrogen functional groups attached to an aromatic ring is 1. The normalized spacial score (nSPS) is 21.3. The number of hydrogen-bond donors (Lipinski definition) is 1. The molecule has 2 rings (SSSR count). The van der Waals surface area contributed by atoms with Gasteiger partial charge in [-0.1, -0.05) is 6.92 Å². The summed E-state index contributed by atoms with van der Waals surface area (Å²) in [5.41, 5.74) is 5.75. The van der Waals surface area contributed by atoms with Crippen LogP contribution >= 0.6 is 0 Å². The summed E-state index contributed by atoms with van der Waals surface area (Å²) in [5.74, 6) is -0.588. The monoisotopic (exact) mass is 272 g/mol. The molecule has 4 nitrogen and oxygen atoms in total. The van der Waals surface area contributed by atoms with Crippen molar-refractivity contribution in [3.8, 4) is 0 Å². The highest BCUT2D eigenvalue weighted by Crippen LogP contribution is 2.30. The highest BCUT2D eigenvalue weighted by molar-refractivity contribution is 7.89. The molecular weight excluding hydrogens is 255 g/mol. The number of nitrogens with zero attached hydrogens (tertiary/aromatic N) is 1. The van der Waals surface area contributed by atoms with Crippen LogP contribution in [0.25, 0.3) is 0 Å². The first-order chi connectivity index (χ1) is 8.46. The van der Waals surface area contributed by atoms with Crippen LogP contribution in [0.3, 0.4) is 0 Å². The Balaban J connectivity index is 2.45. The van der Waals surface area contributed by atoms with Crippen LogP contribution < -0.4 is 5.73 Å². The lowest BCUT2D eigenvalue weighted by atomic mass is 10.2. The smallest absolute Gasteiger partial charge is 0.245 e. The van der Waals surface area contributed by atoms with E-state index >= 15 is 0 Å². The summed E-state index contributed by atoms with van der Waals surface area (Å²) >= 11 is 0. The van der Waals surface area contributed by atoms with Gasteiger partial charge in [0.2, 0.25) is 10.0 Å². The fraction of sp³-hybridized carbons (Fsp3) is 0.500. The number of halogens is 1. The van der Waals surface area contributed by atoms with E-state index < -0.39 is 15.8 Å². The molecule has 0 amide bonds. The van der Waals surface area contributed by atoms with Crippen molar-refractivity contribution in [1.82, 2.24) is 4.31 Å². The number of rotatable bonds is 3. The third-order valence-electron chi connectivity index (χ3n) is 3.36. The van der Waals surface area contributed by atoms with Gasteiger partial charge in [-0.25, -0.2) is 12.8 Å². The number of nitrogens with two attached hydrogens (primary N) is 1. The Hall–Kier alpha value is -1.14. The second-order valence-electron chi connectivity index (χ2n) is 4.50. The molecule has 1 aromatic rings.